The van der Waals surface area contributed by atoms with Gasteiger partial charge in [0, 0.05) is 19.2 Å². The smallest absolute Gasteiger partial charge is 0.298 e. The fraction of sp³-hybridized carbons (Fsp3) is 0.389. The predicted octanol–water partition coefficient (Wildman–Crippen LogP) is 3.28. The van der Waals surface area contributed by atoms with Crippen molar-refractivity contribution < 1.29 is 14.1 Å². The number of nitrogens with zero attached hydrogens (tertiary/aromatic N) is 4. The van der Waals surface area contributed by atoms with Crippen LogP contribution in [0.3, 0.4) is 0 Å². The van der Waals surface area contributed by atoms with E-state index in [0.717, 1.165) is 35.6 Å². The molecule has 2 aromatic heterocycles. The predicted molar refractivity (Wildman–Crippen MR) is 102 cm³/mol. The molecule has 3 aromatic rings. The van der Waals surface area contributed by atoms with Crippen LogP contribution in [0.2, 0.25) is 0 Å². The largest absolute Gasteiger partial charge is 0.497 e. The number of carbonyl (C=O) groups excluding carboxylic acids is 1. The fourth-order valence-electron chi connectivity index (χ4n) is 2.66. The molecule has 138 valence electrons. The summed E-state index contributed by atoms with van der Waals surface area (Å²) in [4.78, 5) is 21.5. The van der Waals surface area contributed by atoms with Crippen LogP contribution in [0, 0.1) is 0 Å². The Hall–Kier alpha value is -2.45. The highest BCUT2D eigenvalue weighted by molar-refractivity contribution is 7.22. The molecule has 8 heteroatoms. The van der Waals surface area contributed by atoms with Crippen molar-refractivity contribution in [3.8, 4) is 5.75 Å². The van der Waals surface area contributed by atoms with E-state index in [1.807, 2.05) is 18.2 Å². The van der Waals surface area contributed by atoms with E-state index in [-0.39, 0.29) is 11.7 Å². The summed E-state index contributed by atoms with van der Waals surface area (Å²) in [6, 6.07) is 7.26. The standard InChI is InChI=1S/C18H22N4O3S/c1-4-21(5-2)10-11-22(17(23)15-8-9-19-25-15)18-20-14-7-6-13(24-3)12-16(14)26-18/h6-9,12H,4-5,10-11H2,1-3H3. The third-order valence-electron chi connectivity index (χ3n) is 4.24. The lowest BCUT2D eigenvalue weighted by molar-refractivity contribution is 0.0948. The molecule has 0 bridgehead atoms. The van der Waals surface area contributed by atoms with Gasteiger partial charge in [0.25, 0.3) is 5.91 Å². The zero-order chi connectivity index (χ0) is 18.5. The maximum absolute atomic E-state index is 12.9. The molecule has 3 rings (SSSR count). The summed E-state index contributed by atoms with van der Waals surface area (Å²) in [5.74, 6) is 0.742. The van der Waals surface area contributed by atoms with Crippen molar-refractivity contribution in [2.24, 2.45) is 0 Å². The molecule has 0 saturated heterocycles. The Bertz CT molecular complexity index is 859. The van der Waals surface area contributed by atoms with Gasteiger partial charge in [-0.1, -0.05) is 30.3 Å². The topological polar surface area (TPSA) is 71.7 Å². The molecule has 0 aliphatic carbocycles. The van der Waals surface area contributed by atoms with E-state index in [0.29, 0.717) is 11.7 Å². The first-order chi connectivity index (χ1) is 12.7. The number of ether oxygens (including phenoxy) is 1. The molecule has 0 aliphatic heterocycles. The number of likely N-dealkylation sites (N-methyl/N-ethyl adjacent to an activating group) is 1. The number of thiazole rings is 1. The number of amides is 1. The van der Waals surface area contributed by atoms with Crippen molar-refractivity contribution in [2.75, 3.05) is 38.2 Å². The van der Waals surface area contributed by atoms with Crippen LogP contribution < -0.4 is 9.64 Å². The van der Waals surface area contributed by atoms with Crippen LogP contribution >= 0.6 is 11.3 Å². The number of methoxy groups -OCH3 is 1. The summed E-state index contributed by atoms with van der Waals surface area (Å²) in [5, 5.41) is 4.29. The van der Waals surface area contributed by atoms with Gasteiger partial charge in [-0.3, -0.25) is 9.69 Å². The maximum Gasteiger partial charge on any atom is 0.298 e. The van der Waals surface area contributed by atoms with E-state index >= 15 is 0 Å². The maximum atomic E-state index is 12.9. The van der Waals surface area contributed by atoms with Crippen LogP contribution in [-0.2, 0) is 0 Å². The molecule has 0 saturated carbocycles. The quantitative estimate of drug-likeness (QED) is 0.602. The fourth-order valence-corrected chi connectivity index (χ4v) is 3.68. The lowest BCUT2D eigenvalue weighted by Gasteiger charge is -2.23. The van der Waals surface area contributed by atoms with Gasteiger partial charge in [0.1, 0.15) is 5.75 Å². The Morgan fingerprint density at radius 3 is 2.69 bits per heavy atom. The molecule has 0 N–H and O–H groups in total. The first-order valence-electron chi connectivity index (χ1n) is 8.55. The van der Waals surface area contributed by atoms with Gasteiger partial charge in [-0.25, -0.2) is 4.98 Å². The second-order valence-electron chi connectivity index (χ2n) is 5.69. The minimum Gasteiger partial charge on any atom is -0.497 e. The molecule has 0 unspecified atom stereocenters. The average Bonchev–Trinajstić information content (AvgIpc) is 3.33. The second kappa shape index (κ2) is 8.29. The molecule has 1 amide bonds. The molecule has 0 spiro atoms. The Morgan fingerprint density at radius 2 is 2.04 bits per heavy atom. The van der Waals surface area contributed by atoms with E-state index in [1.54, 1.807) is 18.1 Å². The zero-order valence-electron chi connectivity index (χ0n) is 15.1. The third kappa shape index (κ3) is 3.86. The van der Waals surface area contributed by atoms with E-state index in [9.17, 15) is 4.79 Å². The van der Waals surface area contributed by atoms with Crippen LogP contribution in [0.1, 0.15) is 24.4 Å². The number of rotatable bonds is 8. The van der Waals surface area contributed by atoms with E-state index in [2.05, 4.69) is 28.9 Å². The molecule has 0 radical (unpaired) electrons. The van der Waals surface area contributed by atoms with Crippen LogP contribution in [0.4, 0.5) is 5.13 Å². The van der Waals surface area contributed by atoms with E-state index < -0.39 is 0 Å². The third-order valence-corrected chi connectivity index (χ3v) is 5.28. The monoisotopic (exact) mass is 374 g/mol. The van der Waals surface area contributed by atoms with Gasteiger partial charge in [-0.2, -0.15) is 0 Å². The van der Waals surface area contributed by atoms with Crippen molar-refractivity contribution in [3.63, 3.8) is 0 Å². The van der Waals surface area contributed by atoms with Crippen molar-refractivity contribution in [1.29, 1.82) is 0 Å². The first-order valence-corrected chi connectivity index (χ1v) is 9.37. The molecule has 2 heterocycles. The first kappa shape index (κ1) is 18.3. The van der Waals surface area contributed by atoms with Crippen molar-refractivity contribution >= 4 is 32.6 Å². The number of anilines is 1. The Balaban J connectivity index is 1.92. The zero-order valence-corrected chi connectivity index (χ0v) is 16.0. The van der Waals surface area contributed by atoms with Crippen LogP contribution in [0.5, 0.6) is 5.75 Å². The molecule has 26 heavy (non-hydrogen) atoms. The van der Waals surface area contributed by atoms with Gasteiger partial charge in [0.15, 0.2) is 5.13 Å². The summed E-state index contributed by atoms with van der Waals surface area (Å²) in [7, 11) is 1.63. The molecular weight excluding hydrogens is 352 g/mol. The van der Waals surface area contributed by atoms with Crippen LogP contribution in [0.15, 0.2) is 35.0 Å². The molecule has 0 atom stereocenters. The van der Waals surface area contributed by atoms with Gasteiger partial charge in [0.05, 0.1) is 23.5 Å². The number of benzene rings is 1. The molecule has 0 aliphatic rings. The van der Waals surface area contributed by atoms with E-state index in [1.165, 1.54) is 17.5 Å². The summed E-state index contributed by atoms with van der Waals surface area (Å²) in [5.41, 5.74) is 0.837. The SMILES string of the molecule is CCN(CC)CCN(C(=O)c1ccno1)c1nc2ccc(OC)cc2s1. The highest BCUT2D eigenvalue weighted by Crippen LogP contribution is 2.32. The highest BCUT2D eigenvalue weighted by Gasteiger charge is 2.24. The Kier molecular flexibility index (Phi) is 5.85. The number of fused-ring (bicyclic) bond motifs is 1. The summed E-state index contributed by atoms with van der Waals surface area (Å²) in [6.07, 6.45) is 1.47. The summed E-state index contributed by atoms with van der Waals surface area (Å²) < 4.78 is 11.3. The summed E-state index contributed by atoms with van der Waals surface area (Å²) in [6.45, 7) is 7.35. The number of carbonyl (C=O) groups is 1. The minimum atomic E-state index is -0.235. The van der Waals surface area contributed by atoms with Crippen LogP contribution in [0.25, 0.3) is 10.2 Å². The van der Waals surface area contributed by atoms with Gasteiger partial charge in [0.2, 0.25) is 5.76 Å². The average molecular weight is 374 g/mol. The van der Waals surface area contributed by atoms with Crippen molar-refractivity contribution in [1.82, 2.24) is 15.0 Å². The molecule has 1 aromatic carbocycles. The second-order valence-corrected chi connectivity index (χ2v) is 6.70. The van der Waals surface area contributed by atoms with Gasteiger partial charge in [-0.15, -0.1) is 0 Å². The van der Waals surface area contributed by atoms with Crippen molar-refractivity contribution in [2.45, 2.75) is 13.8 Å². The molecule has 7 nitrogen and oxygen atoms in total. The Labute approximate surface area is 156 Å². The molecule has 0 fully saturated rings. The summed E-state index contributed by atoms with van der Waals surface area (Å²) >= 11 is 1.46. The minimum absolute atomic E-state index is 0.210. The number of hydrogen-bond donors (Lipinski definition) is 0. The Morgan fingerprint density at radius 1 is 1.23 bits per heavy atom. The normalized spacial score (nSPS) is 11.2. The lowest BCUT2D eigenvalue weighted by atomic mass is 10.3. The van der Waals surface area contributed by atoms with Crippen LogP contribution in [-0.4, -0.2) is 54.2 Å². The van der Waals surface area contributed by atoms with Crippen molar-refractivity contribution in [3.05, 3.63) is 36.2 Å². The number of hydrogen-bond acceptors (Lipinski definition) is 7. The van der Waals surface area contributed by atoms with Gasteiger partial charge < -0.3 is 14.2 Å². The lowest BCUT2D eigenvalue weighted by Crippen LogP contribution is -2.38. The van der Waals surface area contributed by atoms with E-state index in [4.69, 9.17) is 9.26 Å². The van der Waals surface area contributed by atoms with Gasteiger partial charge in [-0.05, 0) is 31.3 Å². The number of aromatic nitrogens is 2. The van der Waals surface area contributed by atoms with Gasteiger partial charge >= 0.3 is 0 Å². The molecular formula is C18H22N4O3S. The highest BCUT2D eigenvalue weighted by atomic mass is 32.1.